The van der Waals surface area contributed by atoms with Gasteiger partial charge in [0, 0.05) is 0 Å². The van der Waals surface area contributed by atoms with Crippen molar-refractivity contribution in [1.82, 2.24) is 0 Å². The topological polar surface area (TPSA) is 20.2 Å². The van der Waals surface area contributed by atoms with Gasteiger partial charge in [0.05, 0.1) is 0 Å². The van der Waals surface area contributed by atoms with Crippen molar-refractivity contribution in [1.29, 1.82) is 0 Å². The Bertz CT molecular complexity index is 494. The normalized spacial score (nSPS) is 23.4. The number of hydrogen-bond donors (Lipinski definition) is 1. The third-order valence-electron chi connectivity index (χ3n) is 3.72. The molecule has 1 aromatic carbocycles. The smallest absolute Gasteiger partial charge is 0.104 e. The van der Waals surface area contributed by atoms with Crippen molar-refractivity contribution in [3.63, 3.8) is 0 Å². The first-order chi connectivity index (χ1) is 8.71. The van der Waals surface area contributed by atoms with E-state index in [0.29, 0.717) is 0 Å². The Balaban J connectivity index is 2.50. The maximum Gasteiger partial charge on any atom is 0.104 e. The standard InChI is InChI=1S/C17H22O/c1-4-7-13-11-14-9-8-12(5-2)10-16(14)17(18)15(13)6-3/h6-10,17-18H,4-5,11H2,1-3H3/b13-7-,15-6+. The van der Waals surface area contributed by atoms with Crippen LogP contribution >= 0.6 is 0 Å². The van der Waals surface area contributed by atoms with Gasteiger partial charge >= 0.3 is 0 Å². The van der Waals surface area contributed by atoms with E-state index >= 15 is 0 Å². The van der Waals surface area contributed by atoms with Crippen LogP contribution in [-0.4, -0.2) is 5.11 Å². The Hall–Kier alpha value is -1.34. The molecule has 1 aromatic rings. The minimum atomic E-state index is -0.456. The van der Waals surface area contributed by atoms with Gasteiger partial charge in [0.25, 0.3) is 0 Å². The Morgan fingerprint density at radius 3 is 2.72 bits per heavy atom. The van der Waals surface area contributed by atoms with Crippen LogP contribution in [0, 0.1) is 0 Å². The zero-order chi connectivity index (χ0) is 13.1. The minimum absolute atomic E-state index is 0.456. The van der Waals surface area contributed by atoms with Crippen LogP contribution < -0.4 is 0 Å². The highest BCUT2D eigenvalue weighted by atomic mass is 16.3. The second-order valence-electron chi connectivity index (χ2n) is 4.85. The highest BCUT2D eigenvalue weighted by Crippen LogP contribution is 2.38. The van der Waals surface area contributed by atoms with Crippen LogP contribution in [0.5, 0.6) is 0 Å². The minimum Gasteiger partial charge on any atom is -0.384 e. The molecule has 1 atom stereocenters. The molecule has 96 valence electrons. The summed E-state index contributed by atoms with van der Waals surface area (Å²) < 4.78 is 0. The molecule has 1 heteroatoms. The molecule has 0 heterocycles. The van der Waals surface area contributed by atoms with Gasteiger partial charge in [-0.25, -0.2) is 0 Å². The Kier molecular flexibility index (Phi) is 4.03. The summed E-state index contributed by atoms with van der Waals surface area (Å²) in [6.07, 6.45) is 6.81. The number of aliphatic hydroxyl groups is 1. The predicted molar refractivity (Wildman–Crippen MR) is 76.6 cm³/mol. The van der Waals surface area contributed by atoms with Gasteiger partial charge in [0.2, 0.25) is 0 Å². The maximum absolute atomic E-state index is 10.5. The number of fused-ring (bicyclic) bond motifs is 1. The Labute approximate surface area is 110 Å². The van der Waals surface area contributed by atoms with E-state index in [4.69, 9.17) is 0 Å². The SMILES string of the molecule is C/C=C1\C(=C/CC)Cc2ccc(CC)cc2C1O. The molecule has 1 unspecified atom stereocenters. The molecule has 0 saturated carbocycles. The summed E-state index contributed by atoms with van der Waals surface area (Å²) in [5.74, 6) is 0. The van der Waals surface area contributed by atoms with E-state index in [1.807, 2.05) is 13.0 Å². The summed E-state index contributed by atoms with van der Waals surface area (Å²) in [6, 6.07) is 6.51. The lowest BCUT2D eigenvalue weighted by molar-refractivity contribution is 0.213. The molecule has 18 heavy (non-hydrogen) atoms. The Morgan fingerprint density at radius 1 is 1.33 bits per heavy atom. The Morgan fingerprint density at radius 2 is 2.11 bits per heavy atom. The van der Waals surface area contributed by atoms with Crippen LogP contribution in [0.3, 0.4) is 0 Å². The number of aliphatic hydroxyl groups excluding tert-OH is 1. The van der Waals surface area contributed by atoms with Gasteiger partial charge in [-0.15, -0.1) is 0 Å². The fourth-order valence-corrected chi connectivity index (χ4v) is 2.71. The lowest BCUT2D eigenvalue weighted by atomic mass is 9.80. The molecule has 0 fully saturated rings. The number of rotatable bonds is 2. The second kappa shape index (κ2) is 5.53. The molecule has 0 aliphatic heterocycles. The first-order valence-corrected chi connectivity index (χ1v) is 6.86. The molecule has 0 bridgehead atoms. The third-order valence-corrected chi connectivity index (χ3v) is 3.72. The lowest BCUT2D eigenvalue weighted by Gasteiger charge is -2.27. The van der Waals surface area contributed by atoms with Crippen LogP contribution in [0.2, 0.25) is 0 Å². The average Bonchev–Trinajstić information content (AvgIpc) is 2.39. The van der Waals surface area contributed by atoms with Crippen LogP contribution in [0.25, 0.3) is 0 Å². The number of benzene rings is 1. The van der Waals surface area contributed by atoms with E-state index in [9.17, 15) is 5.11 Å². The van der Waals surface area contributed by atoms with Crippen molar-refractivity contribution in [2.24, 2.45) is 0 Å². The monoisotopic (exact) mass is 242 g/mol. The largest absolute Gasteiger partial charge is 0.384 e. The number of allylic oxidation sites excluding steroid dienone is 2. The summed E-state index contributed by atoms with van der Waals surface area (Å²) in [7, 11) is 0. The van der Waals surface area contributed by atoms with Gasteiger partial charge < -0.3 is 5.11 Å². The number of aryl methyl sites for hydroxylation is 1. The van der Waals surface area contributed by atoms with E-state index in [1.165, 1.54) is 16.7 Å². The fourth-order valence-electron chi connectivity index (χ4n) is 2.71. The van der Waals surface area contributed by atoms with Gasteiger partial charge in [0.1, 0.15) is 6.10 Å². The van der Waals surface area contributed by atoms with Crippen molar-refractivity contribution in [3.8, 4) is 0 Å². The number of hydrogen-bond acceptors (Lipinski definition) is 1. The first kappa shape index (κ1) is 13.1. The van der Waals surface area contributed by atoms with Crippen LogP contribution in [0.4, 0.5) is 0 Å². The predicted octanol–water partition coefficient (Wildman–Crippen LogP) is 4.12. The molecule has 1 nitrogen and oxygen atoms in total. The summed E-state index contributed by atoms with van der Waals surface area (Å²) in [5.41, 5.74) is 6.02. The van der Waals surface area contributed by atoms with Crippen molar-refractivity contribution in [2.45, 2.75) is 46.1 Å². The van der Waals surface area contributed by atoms with Gasteiger partial charge in [-0.3, -0.25) is 0 Å². The summed E-state index contributed by atoms with van der Waals surface area (Å²) in [5, 5.41) is 10.5. The van der Waals surface area contributed by atoms with Crippen LogP contribution in [-0.2, 0) is 12.8 Å². The highest BCUT2D eigenvalue weighted by Gasteiger charge is 2.25. The molecule has 0 saturated heterocycles. The molecular weight excluding hydrogens is 220 g/mol. The zero-order valence-electron chi connectivity index (χ0n) is 11.5. The van der Waals surface area contributed by atoms with Crippen molar-refractivity contribution in [2.75, 3.05) is 0 Å². The van der Waals surface area contributed by atoms with E-state index in [1.54, 1.807) is 0 Å². The molecular formula is C17H22O. The molecule has 1 N–H and O–H groups in total. The second-order valence-corrected chi connectivity index (χ2v) is 4.85. The average molecular weight is 242 g/mol. The summed E-state index contributed by atoms with van der Waals surface area (Å²) in [6.45, 7) is 6.30. The van der Waals surface area contributed by atoms with E-state index < -0.39 is 6.10 Å². The van der Waals surface area contributed by atoms with Gasteiger partial charge in [-0.2, -0.15) is 0 Å². The maximum atomic E-state index is 10.5. The highest BCUT2D eigenvalue weighted by molar-refractivity contribution is 5.51. The van der Waals surface area contributed by atoms with E-state index in [2.05, 4.69) is 38.1 Å². The quantitative estimate of drug-likeness (QED) is 0.827. The third kappa shape index (κ3) is 2.28. The lowest BCUT2D eigenvalue weighted by Crippen LogP contribution is -2.15. The summed E-state index contributed by atoms with van der Waals surface area (Å²) >= 11 is 0. The van der Waals surface area contributed by atoms with E-state index in [-0.39, 0.29) is 0 Å². The zero-order valence-corrected chi connectivity index (χ0v) is 11.5. The molecule has 2 rings (SSSR count). The molecule has 1 aliphatic rings. The molecule has 0 aromatic heterocycles. The van der Waals surface area contributed by atoms with E-state index in [0.717, 1.165) is 30.4 Å². The fraction of sp³-hybridized carbons (Fsp3) is 0.412. The van der Waals surface area contributed by atoms with Gasteiger partial charge in [-0.05, 0) is 54.0 Å². The molecule has 1 aliphatic carbocycles. The van der Waals surface area contributed by atoms with Crippen molar-refractivity contribution < 1.29 is 5.11 Å². The first-order valence-electron chi connectivity index (χ1n) is 6.86. The molecule has 0 spiro atoms. The van der Waals surface area contributed by atoms with Crippen LogP contribution in [0.1, 0.15) is 50.0 Å². The summed E-state index contributed by atoms with van der Waals surface area (Å²) in [4.78, 5) is 0. The van der Waals surface area contributed by atoms with Crippen LogP contribution in [0.15, 0.2) is 41.5 Å². The van der Waals surface area contributed by atoms with Gasteiger partial charge in [-0.1, -0.05) is 44.2 Å². The van der Waals surface area contributed by atoms with Crippen molar-refractivity contribution in [3.05, 3.63) is 58.2 Å². The molecule has 0 radical (unpaired) electrons. The van der Waals surface area contributed by atoms with Gasteiger partial charge in [0.15, 0.2) is 0 Å². The molecule has 0 amide bonds. The van der Waals surface area contributed by atoms with Crippen molar-refractivity contribution >= 4 is 0 Å².